The van der Waals surface area contributed by atoms with Gasteiger partial charge >= 0.3 is 0 Å². The number of carbonyl (C=O) groups is 1. The van der Waals surface area contributed by atoms with E-state index < -0.39 is 0 Å². The molecule has 20 heavy (non-hydrogen) atoms. The zero-order valence-electron chi connectivity index (χ0n) is 12.8. The molecule has 114 valence electrons. The minimum atomic E-state index is 0.401. The molecule has 2 N–H and O–H groups in total. The highest BCUT2D eigenvalue weighted by Gasteiger charge is 2.57. The average molecular weight is 279 g/mol. The number of rotatable bonds is 4. The van der Waals surface area contributed by atoms with Crippen LogP contribution in [0.5, 0.6) is 0 Å². The number of fused-ring (bicyclic) bond motifs is 1. The minimum absolute atomic E-state index is 0.401. The third-order valence-electron chi connectivity index (χ3n) is 5.56. The van der Waals surface area contributed by atoms with Crippen molar-refractivity contribution in [3.05, 3.63) is 0 Å². The van der Waals surface area contributed by atoms with Crippen LogP contribution in [0.4, 0.5) is 0 Å². The SMILES string of the molecule is CC(CN)CN1CCCN(C(=O)C2C3CCCC32)CC1. The summed E-state index contributed by atoms with van der Waals surface area (Å²) in [7, 11) is 0. The minimum Gasteiger partial charge on any atom is -0.341 e. The molecule has 3 unspecified atom stereocenters. The van der Waals surface area contributed by atoms with Gasteiger partial charge in [0.05, 0.1) is 0 Å². The first-order valence-corrected chi connectivity index (χ1v) is 8.42. The number of nitrogens with zero attached hydrogens (tertiary/aromatic N) is 2. The highest BCUT2D eigenvalue weighted by Crippen LogP contribution is 2.58. The largest absolute Gasteiger partial charge is 0.341 e. The normalized spacial score (nSPS) is 35.5. The standard InChI is InChI=1S/C16H29N3O/c1-12(10-17)11-18-6-3-7-19(9-8-18)16(20)15-13-4-2-5-14(13)15/h12-15H,2-11,17H2,1H3. The third-order valence-corrected chi connectivity index (χ3v) is 5.56. The molecule has 0 aromatic heterocycles. The molecule has 4 nitrogen and oxygen atoms in total. The summed E-state index contributed by atoms with van der Waals surface area (Å²) in [6.07, 6.45) is 5.07. The topological polar surface area (TPSA) is 49.6 Å². The van der Waals surface area contributed by atoms with Crippen LogP contribution in [0.15, 0.2) is 0 Å². The Morgan fingerprint density at radius 3 is 2.60 bits per heavy atom. The van der Waals surface area contributed by atoms with Gasteiger partial charge in [0.2, 0.25) is 5.91 Å². The van der Waals surface area contributed by atoms with Gasteiger partial charge in [-0.3, -0.25) is 4.79 Å². The van der Waals surface area contributed by atoms with Crippen LogP contribution >= 0.6 is 0 Å². The summed E-state index contributed by atoms with van der Waals surface area (Å²) in [6, 6.07) is 0. The van der Waals surface area contributed by atoms with Crippen LogP contribution in [-0.4, -0.2) is 55.0 Å². The summed E-state index contributed by atoms with van der Waals surface area (Å²) in [6.45, 7) is 8.06. The van der Waals surface area contributed by atoms with Crippen molar-refractivity contribution in [1.29, 1.82) is 0 Å². The lowest BCUT2D eigenvalue weighted by Crippen LogP contribution is -2.38. The van der Waals surface area contributed by atoms with Crippen molar-refractivity contribution < 1.29 is 4.79 Å². The maximum Gasteiger partial charge on any atom is 0.226 e. The van der Waals surface area contributed by atoms with Crippen molar-refractivity contribution >= 4 is 5.91 Å². The molecule has 3 fully saturated rings. The predicted octanol–water partition coefficient (Wildman–Crippen LogP) is 1.16. The second kappa shape index (κ2) is 6.02. The van der Waals surface area contributed by atoms with E-state index in [4.69, 9.17) is 5.73 Å². The van der Waals surface area contributed by atoms with Crippen LogP contribution in [0.25, 0.3) is 0 Å². The van der Waals surface area contributed by atoms with E-state index >= 15 is 0 Å². The molecule has 3 atom stereocenters. The summed E-state index contributed by atoms with van der Waals surface area (Å²) in [5.74, 6) is 2.92. The van der Waals surface area contributed by atoms with Gasteiger partial charge in [-0.05, 0) is 50.1 Å². The zero-order chi connectivity index (χ0) is 14.1. The molecule has 0 aromatic rings. The van der Waals surface area contributed by atoms with Gasteiger partial charge in [-0.25, -0.2) is 0 Å². The Bertz CT molecular complexity index is 350. The highest BCUT2D eigenvalue weighted by molar-refractivity contribution is 5.82. The average Bonchev–Trinajstić information content (AvgIpc) is 3.04. The molecule has 2 aliphatic carbocycles. The first-order chi connectivity index (χ1) is 9.70. The lowest BCUT2D eigenvalue weighted by Gasteiger charge is -2.24. The molecule has 3 aliphatic rings. The van der Waals surface area contributed by atoms with Gasteiger partial charge in [0.1, 0.15) is 0 Å². The van der Waals surface area contributed by atoms with Crippen molar-refractivity contribution in [2.75, 3.05) is 39.3 Å². The molecule has 2 saturated carbocycles. The van der Waals surface area contributed by atoms with E-state index in [1.54, 1.807) is 0 Å². The van der Waals surface area contributed by atoms with Crippen LogP contribution in [0.2, 0.25) is 0 Å². The molecule has 0 aromatic carbocycles. The van der Waals surface area contributed by atoms with Crippen molar-refractivity contribution in [3.63, 3.8) is 0 Å². The monoisotopic (exact) mass is 279 g/mol. The molecule has 3 rings (SSSR count). The number of hydrogen-bond acceptors (Lipinski definition) is 3. The van der Waals surface area contributed by atoms with Crippen molar-refractivity contribution in [2.45, 2.75) is 32.6 Å². The van der Waals surface area contributed by atoms with E-state index in [9.17, 15) is 4.79 Å². The predicted molar refractivity (Wildman–Crippen MR) is 80.2 cm³/mol. The highest BCUT2D eigenvalue weighted by atomic mass is 16.2. The second-order valence-electron chi connectivity index (χ2n) is 7.10. The Balaban J connectivity index is 1.48. The summed E-state index contributed by atoms with van der Waals surface area (Å²) in [5, 5.41) is 0. The smallest absolute Gasteiger partial charge is 0.226 e. The molecule has 1 saturated heterocycles. The zero-order valence-corrected chi connectivity index (χ0v) is 12.8. The third kappa shape index (κ3) is 2.86. The van der Waals surface area contributed by atoms with Gasteiger partial charge in [-0.2, -0.15) is 0 Å². The van der Waals surface area contributed by atoms with E-state index in [1.165, 1.54) is 19.3 Å². The number of hydrogen-bond donors (Lipinski definition) is 1. The summed E-state index contributed by atoms with van der Waals surface area (Å²) >= 11 is 0. The van der Waals surface area contributed by atoms with E-state index in [0.717, 1.165) is 57.5 Å². The Morgan fingerprint density at radius 2 is 1.90 bits per heavy atom. The lowest BCUT2D eigenvalue weighted by molar-refractivity contribution is -0.133. The molecule has 1 heterocycles. The summed E-state index contributed by atoms with van der Waals surface area (Å²) < 4.78 is 0. The molecule has 1 aliphatic heterocycles. The van der Waals surface area contributed by atoms with E-state index in [1.807, 2.05) is 0 Å². The van der Waals surface area contributed by atoms with Gasteiger partial charge < -0.3 is 15.5 Å². The fourth-order valence-corrected chi connectivity index (χ4v) is 4.29. The molecule has 0 spiro atoms. The first-order valence-electron chi connectivity index (χ1n) is 8.42. The maximum atomic E-state index is 12.6. The molecule has 1 amide bonds. The van der Waals surface area contributed by atoms with Gasteiger partial charge in [-0.15, -0.1) is 0 Å². The maximum absolute atomic E-state index is 12.6. The Morgan fingerprint density at radius 1 is 1.15 bits per heavy atom. The van der Waals surface area contributed by atoms with Gasteiger partial charge in [0.25, 0.3) is 0 Å². The van der Waals surface area contributed by atoms with Crippen LogP contribution < -0.4 is 5.73 Å². The first kappa shape index (κ1) is 14.3. The lowest BCUT2D eigenvalue weighted by atomic mass is 10.1. The fourth-order valence-electron chi connectivity index (χ4n) is 4.29. The Hall–Kier alpha value is -0.610. The van der Waals surface area contributed by atoms with Crippen LogP contribution in [-0.2, 0) is 4.79 Å². The number of amides is 1. The van der Waals surface area contributed by atoms with E-state index in [-0.39, 0.29) is 0 Å². The number of nitrogens with two attached hydrogens (primary N) is 1. The van der Waals surface area contributed by atoms with E-state index in [0.29, 0.717) is 17.7 Å². The van der Waals surface area contributed by atoms with Crippen LogP contribution in [0.3, 0.4) is 0 Å². The fraction of sp³-hybridized carbons (Fsp3) is 0.938. The second-order valence-corrected chi connectivity index (χ2v) is 7.10. The summed E-state index contributed by atoms with van der Waals surface area (Å²) in [5.41, 5.74) is 5.71. The molecule has 0 bridgehead atoms. The molecule has 4 heteroatoms. The Labute approximate surface area is 122 Å². The van der Waals surface area contributed by atoms with Gasteiger partial charge in [0.15, 0.2) is 0 Å². The molecular formula is C16H29N3O. The van der Waals surface area contributed by atoms with Crippen molar-refractivity contribution in [2.24, 2.45) is 29.4 Å². The van der Waals surface area contributed by atoms with Crippen molar-refractivity contribution in [1.82, 2.24) is 9.80 Å². The Kier molecular flexibility index (Phi) is 4.32. The van der Waals surface area contributed by atoms with Gasteiger partial charge in [0, 0.05) is 32.1 Å². The van der Waals surface area contributed by atoms with E-state index in [2.05, 4.69) is 16.7 Å². The quantitative estimate of drug-likeness (QED) is 0.840. The van der Waals surface area contributed by atoms with Crippen LogP contribution in [0, 0.1) is 23.7 Å². The van der Waals surface area contributed by atoms with Crippen molar-refractivity contribution in [3.8, 4) is 0 Å². The molecular weight excluding hydrogens is 250 g/mol. The summed E-state index contributed by atoms with van der Waals surface area (Å²) in [4.78, 5) is 17.2. The van der Waals surface area contributed by atoms with Crippen LogP contribution in [0.1, 0.15) is 32.6 Å². The number of carbonyl (C=O) groups excluding carboxylic acids is 1. The van der Waals surface area contributed by atoms with Gasteiger partial charge in [-0.1, -0.05) is 13.3 Å². The molecule has 0 radical (unpaired) electrons.